The van der Waals surface area contributed by atoms with Gasteiger partial charge in [-0.3, -0.25) is 10.1 Å². The second kappa shape index (κ2) is 5.08. The van der Waals surface area contributed by atoms with Crippen molar-refractivity contribution < 1.29 is 9.66 Å². The molecular weight excluding hydrogens is 268 g/mol. The molecule has 1 aromatic heterocycles. The molecule has 1 aliphatic rings. The summed E-state index contributed by atoms with van der Waals surface area (Å²) in [4.78, 5) is 15.0. The number of aromatic nitrogens is 1. The summed E-state index contributed by atoms with van der Waals surface area (Å²) in [6.07, 6.45) is 0. The van der Waals surface area contributed by atoms with Gasteiger partial charge in [-0.25, -0.2) is 9.99 Å². The smallest absolute Gasteiger partial charge is 0.320 e. The van der Waals surface area contributed by atoms with Crippen molar-refractivity contribution in [1.29, 1.82) is 0 Å². The Hall–Kier alpha value is -1.77. The number of ether oxygens (including phenoxy) is 1. The molecular formula is C11H12N4O3S. The molecule has 1 aromatic carbocycles. The Bertz CT molecular complexity index is 609. The topological polar surface area (TPSA) is 80.5 Å². The van der Waals surface area contributed by atoms with Crippen LogP contribution in [0.3, 0.4) is 0 Å². The normalized spacial score (nSPS) is 16.6. The third-order valence-corrected chi connectivity index (χ3v) is 3.74. The molecule has 19 heavy (non-hydrogen) atoms. The Morgan fingerprint density at radius 2 is 2.21 bits per heavy atom. The first-order chi connectivity index (χ1) is 9.25. The molecule has 1 saturated heterocycles. The minimum absolute atomic E-state index is 0.0326. The molecule has 7 nitrogen and oxygen atoms in total. The van der Waals surface area contributed by atoms with Crippen LogP contribution in [0.5, 0.6) is 0 Å². The Kier molecular flexibility index (Phi) is 3.28. The number of nitrogens with zero attached hydrogens (tertiary/aromatic N) is 3. The van der Waals surface area contributed by atoms with E-state index in [2.05, 4.69) is 10.4 Å². The van der Waals surface area contributed by atoms with Crippen molar-refractivity contribution in [2.45, 2.75) is 0 Å². The van der Waals surface area contributed by atoms with Gasteiger partial charge in [0, 0.05) is 13.1 Å². The summed E-state index contributed by atoms with van der Waals surface area (Å²) in [5.74, 6) is 0. The maximum absolute atomic E-state index is 11.3. The first kappa shape index (κ1) is 12.3. The van der Waals surface area contributed by atoms with E-state index in [-0.39, 0.29) is 10.6 Å². The lowest BCUT2D eigenvalue weighted by Crippen LogP contribution is -2.40. The lowest BCUT2D eigenvalue weighted by atomic mass is 10.2. The van der Waals surface area contributed by atoms with Gasteiger partial charge in [-0.1, -0.05) is 0 Å². The van der Waals surface area contributed by atoms with E-state index in [4.69, 9.17) is 4.74 Å². The molecule has 0 saturated carbocycles. The summed E-state index contributed by atoms with van der Waals surface area (Å²) >= 11 is 1.40. The van der Waals surface area contributed by atoms with Gasteiger partial charge in [-0.05, 0) is 12.1 Å². The number of nitrogens with one attached hydrogen (secondary N) is 1. The van der Waals surface area contributed by atoms with Crippen LogP contribution in [0.2, 0.25) is 0 Å². The van der Waals surface area contributed by atoms with E-state index in [0.717, 1.165) is 4.70 Å². The van der Waals surface area contributed by atoms with Gasteiger partial charge >= 0.3 is 5.69 Å². The monoisotopic (exact) mass is 280 g/mol. The molecule has 1 aliphatic heterocycles. The van der Waals surface area contributed by atoms with Crippen molar-refractivity contribution in [2.24, 2.45) is 0 Å². The number of nitro groups is 1. The number of anilines is 1. The first-order valence-electron chi connectivity index (χ1n) is 5.85. The van der Waals surface area contributed by atoms with E-state index in [9.17, 15) is 10.1 Å². The average molecular weight is 280 g/mol. The van der Waals surface area contributed by atoms with Crippen LogP contribution in [-0.2, 0) is 4.74 Å². The molecule has 0 radical (unpaired) electrons. The fraction of sp³-hybridized carbons (Fsp3) is 0.364. The van der Waals surface area contributed by atoms with Crippen molar-refractivity contribution in [3.05, 3.63) is 27.8 Å². The zero-order valence-corrected chi connectivity index (χ0v) is 10.9. The number of benzene rings is 1. The van der Waals surface area contributed by atoms with E-state index in [1.165, 1.54) is 11.3 Å². The zero-order valence-electron chi connectivity index (χ0n) is 10.0. The molecule has 0 unspecified atom stereocenters. The quantitative estimate of drug-likeness (QED) is 0.683. The second-order valence-corrected chi connectivity index (χ2v) is 5.02. The summed E-state index contributed by atoms with van der Waals surface area (Å²) in [6, 6.07) is 3.58. The number of rotatable bonds is 3. The highest BCUT2D eigenvalue weighted by Crippen LogP contribution is 2.34. The maximum atomic E-state index is 11.3. The van der Waals surface area contributed by atoms with Crippen molar-refractivity contribution in [1.82, 2.24) is 9.99 Å². The maximum Gasteiger partial charge on any atom is 0.320 e. The summed E-state index contributed by atoms with van der Waals surface area (Å²) in [5, 5.41) is 13.2. The van der Waals surface area contributed by atoms with Crippen LogP contribution in [-0.4, -0.2) is 41.2 Å². The third-order valence-electron chi connectivity index (χ3n) is 2.95. The van der Waals surface area contributed by atoms with Gasteiger partial charge in [-0.2, -0.15) is 0 Å². The first-order valence-corrected chi connectivity index (χ1v) is 6.73. The number of morpholine rings is 1. The fourth-order valence-electron chi connectivity index (χ4n) is 2.04. The van der Waals surface area contributed by atoms with Crippen molar-refractivity contribution >= 4 is 32.9 Å². The number of hydrogen-bond acceptors (Lipinski definition) is 7. The van der Waals surface area contributed by atoms with Gasteiger partial charge < -0.3 is 10.2 Å². The molecule has 0 bridgehead atoms. The number of hydrazine groups is 1. The Balaban J connectivity index is 1.97. The molecule has 0 spiro atoms. The molecule has 8 heteroatoms. The van der Waals surface area contributed by atoms with Crippen LogP contribution < -0.4 is 5.43 Å². The van der Waals surface area contributed by atoms with Gasteiger partial charge in [0.25, 0.3) is 0 Å². The number of hydrogen-bond donors (Lipinski definition) is 1. The van der Waals surface area contributed by atoms with Gasteiger partial charge in [0.1, 0.15) is 5.69 Å². The number of fused-ring (bicyclic) bond motifs is 1. The van der Waals surface area contributed by atoms with Gasteiger partial charge in [0.05, 0.1) is 28.3 Å². The molecule has 2 heterocycles. The Morgan fingerprint density at radius 1 is 1.42 bits per heavy atom. The minimum atomic E-state index is -0.384. The molecule has 3 rings (SSSR count). The van der Waals surface area contributed by atoms with Crippen LogP contribution in [0.1, 0.15) is 0 Å². The van der Waals surface area contributed by atoms with E-state index < -0.39 is 0 Å². The van der Waals surface area contributed by atoms with Crippen LogP contribution >= 0.6 is 11.3 Å². The molecule has 1 N–H and O–H groups in total. The van der Waals surface area contributed by atoms with Crippen LogP contribution in [0, 0.1) is 10.1 Å². The van der Waals surface area contributed by atoms with Gasteiger partial charge in [-0.15, -0.1) is 11.3 Å². The van der Waals surface area contributed by atoms with Crippen molar-refractivity contribution in [2.75, 3.05) is 31.7 Å². The summed E-state index contributed by atoms with van der Waals surface area (Å²) in [7, 11) is 0. The van der Waals surface area contributed by atoms with E-state index in [1.54, 1.807) is 11.6 Å². The molecule has 1 fully saturated rings. The number of thiazole rings is 1. The predicted octanol–water partition coefficient (Wildman–Crippen LogP) is 1.86. The molecule has 2 aromatic rings. The number of nitro benzene ring substituents is 1. The third kappa shape index (κ3) is 2.37. The lowest BCUT2D eigenvalue weighted by molar-refractivity contribution is -0.382. The summed E-state index contributed by atoms with van der Waals surface area (Å²) in [6.45, 7) is 2.65. The van der Waals surface area contributed by atoms with Crippen molar-refractivity contribution in [3.63, 3.8) is 0 Å². The fourth-order valence-corrected chi connectivity index (χ4v) is 2.72. The summed E-state index contributed by atoms with van der Waals surface area (Å²) in [5.41, 5.74) is 5.66. The van der Waals surface area contributed by atoms with E-state index in [1.807, 2.05) is 11.1 Å². The van der Waals surface area contributed by atoms with Gasteiger partial charge in [0.2, 0.25) is 0 Å². The minimum Gasteiger partial charge on any atom is -0.379 e. The van der Waals surface area contributed by atoms with Crippen LogP contribution in [0.4, 0.5) is 11.4 Å². The summed E-state index contributed by atoms with van der Waals surface area (Å²) < 4.78 is 6.07. The average Bonchev–Trinajstić information content (AvgIpc) is 2.87. The van der Waals surface area contributed by atoms with E-state index in [0.29, 0.717) is 37.5 Å². The molecule has 0 aliphatic carbocycles. The Morgan fingerprint density at radius 3 is 2.95 bits per heavy atom. The van der Waals surface area contributed by atoms with Crippen molar-refractivity contribution in [3.8, 4) is 0 Å². The van der Waals surface area contributed by atoms with Crippen LogP contribution in [0.25, 0.3) is 10.2 Å². The SMILES string of the molecule is O=[N+]([O-])c1c(NN2CCOCC2)ccc2scnc12. The standard InChI is InChI=1S/C11H12N4O3S/c16-15(17)11-8(13-14-3-5-18-6-4-14)1-2-9-10(11)12-7-19-9/h1-2,7,13H,3-6H2. The molecule has 100 valence electrons. The highest BCUT2D eigenvalue weighted by Gasteiger charge is 2.22. The lowest BCUT2D eigenvalue weighted by Gasteiger charge is -2.27. The predicted molar refractivity (Wildman–Crippen MR) is 72.3 cm³/mol. The molecule has 0 amide bonds. The largest absolute Gasteiger partial charge is 0.379 e. The molecule has 0 atom stereocenters. The highest BCUT2D eigenvalue weighted by molar-refractivity contribution is 7.16. The van der Waals surface area contributed by atoms with Gasteiger partial charge in [0.15, 0.2) is 5.52 Å². The van der Waals surface area contributed by atoms with Crippen LogP contribution in [0.15, 0.2) is 17.6 Å². The second-order valence-electron chi connectivity index (χ2n) is 4.13. The highest BCUT2D eigenvalue weighted by atomic mass is 32.1. The zero-order chi connectivity index (χ0) is 13.2. The van der Waals surface area contributed by atoms with E-state index >= 15 is 0 Å². The Labute approximate surface area is 112 Å².